The van der Waals surface area contributed by atoms with Gasteiger partial charge in [-0.05, 0) is 18.1 Å². The van der Waals surface area contributed by atoms with E-state index in [1.807, 2.05) is 18.2 Å². The molecule has 3 rings (SSSR count). The van der Waals surface area contributed by atoms with Crippen LogP contribution in [0.5, 0.6) is 5.88 Å². The van der Waals surface area contributed by atoms with Crippen molar-refractivity contribution in [2.24, 2.45) is 0 Å². The molecule has 0 radical (unpaired) electrons. The van der Waals surface area contributed by atoms with Crippen LogP contribution in [0.15, 0.2) is 48.7 Å². The molecule has 1 N–H and O–H groups in total. The minimum atomic E-state index is -0.0359. The molecule has 1 aromatic carbocycles. The molecule has 0 bridgehead atoms. The van der Waals surface area contributed by atoms with Gasteiger partial charge in [0.2, 0.25) is 5.88 Å². The molecule has 1 aromatic heterocycles. The Labute approximate surface area is 135 Å². The Hall–Kier alpha value is -2.63. The predicted octanol–water partition coefficient (Wildman–Crippen LogP) is 1.88. The van der Waals surface area contributed by atoms with E-state index in [9.17, 15) is 4.79 Å². The molecule has 1 fully saturated rings. The zero-order chi connectivity index (χ0) is 15.9. The van der Waals surface area contributed by atoms with E-state index in [1.54, 1.807) is 23.2 Å². The summed E-state index contributed by atoms with van der Waals surface area (Å²) in [6.45, 7) is 1.91. The lowest BCUT2D eigenvalue weighted by Gasteiger charge is -2.17. The van der Waals surface area contributed by atoms with Crippen LogP contribution in [0.2, 0.25) is 0 Å². The zero-order valence-corrected chi connectivity index (χ0v) is 12.9. The highest BCUT2D eigenvalue weighted by atomic mass is 16.5. The molecule has 0 saturated carbocycles. The number of hydrogen-bond acceptors (Lipinski definition) is 4. The van der Waals surface area contributed by atoms with Crippen LogP contribution in [0.25, 0.3) is 0 Å². The number of hydrogen-bond donors (Lipinski definition) is 1. The van der Waals surface area contributed by atoms with Gasteiger partial charge in [-0.2, -0.15) is 5.10 Å². The van der Waals surface area contributed by atoms with Crippen LogP contribution >= 0.6 is 0 Å². The molecule has 0 spiro atoms. The summed E-state index contributed by atoms with van der Waals surface area (Å²) >= 11 is 0. The number of rotatable bonds is 5. The first-order chi connectivity index (χ1) is 11.3. The first-order valence-corrected chi connectivity index (χ1v) is 7.82. The first-order valence-electron chi connectivity index (χ1n) is 7.82. The number of carbonyl (C=O) groups is 1. The van der Waals surface area contributed by atoms with Crippen LogP contribution in [-0.2, 0) is 6.42 Å². The second-order valence-corrected chi connectivity index (χ2v) is 5.50. The molecular formula is C17H20N4O2. The molecule has 0 aliphatic carbocycles. The highest BCUT2D eigenvalue weighted by Crippen LogP contribution is 2.15. The van der Waals surface area contributed by atoms with Crippen molar-refractivity contribution < 1.29 is 9.53 Å². The summed E-state index contributed by atoms with van der Waals surface area (Å²) in [5.74, 6) is 0.504. The topological polar surface area (TPSA) is 67.4 Å². The zero-order valence-electron chi connectivity index (χ0n) is 12.9. The monoisotopic (exact) mass is 312 g/mol. The van der Waals surface area contributed by atoms with Gasteiger partial charge in [0, 0.05) is 31.8 Å². The molecule has 1 atom stereocenters. The smallest absolute Gasteiger partial charge is 0.317 e. The molecule has 2 amide bonds. The van der Waals surface area contributed by atoms with Crippen LogP contribution in [0.1, 0.15) is 12.0 Å². The number of nitrogens with zero attached hydrogens (tertiary/aromatic N) is 3. The van der Waals surface area contributed by atoms with Crippen molar-refractivity contribution in [2.45, 2.75) is 18.9 Å². The van der Waals surface area contributed by atoms with E-state index >= 15 is 0 Å². The maximum atomic E-state index is 12.2. The van der Waals surface area contributed by atoms with Gasteiger partial charge in [-0.3, -0.25) is 0 Å². The van der Waals surface area contributed by atoms with Crippen molar-refractivity contribution in [1.29, 1.82) is 0 Å². The Kier molecular flexibility index (Phi) is 5.03. The molecule has 23 heavy (non-hydrogen) atoms. The van der Waals surface area contributed by atoms with Gasteiger partial charge in [0.05, 0.1) is 6.54 Å². The van der Waals surface area contributed by atoms with E-state index in [0.717, 1.165) is 12.8 Å². The maximum Gasteiger partial charge on any atom is 0.317 e. The van der Waals surface area contributed by atoms with E-state index in [4.69, 9.17) is 4.74 Å². The summed E-state index contributed by atoms with van der Waals surface area (Å²) in [5, 5.41) is 10.6. The Bertz CT molecular complexity index is 621. The third-order valence-electron chi connectivity index (χ3n) is 3.80. The van der Waals surface area contributed by atoms with Crippen molar-refractivity contribution in [3.63, 3.8) is 0 Å². The quantitative estimate of drug-likeness (QED) is 0.915. The second-order valence-electron chi connectivity index (χ2n) is 5.50. The van der Waals surface area contributed by atoms with E-state index in [0.29, 0.717) is 25.5 Å². The molecule has 0 unspecified atom stereocenters. The van der Waals surface area contributed by atoms with Gasteiger partial charge in [-0.15, -0.1) is 5.10 Å². The minimum Gasteiger partial charge on any atom is -0.471 e. The largest absolute Gasteiger partial charge is 0.471 e. The number of nitrogens with one attached hydrogen (secondary N) is 1. The van der Waals surface area contributed by atoms with E-state index in [1.165, 1.54) is 5.56 Å². The van der Waals surface area contributed by atoms with Gasteiger partial charge < -0.3 is 15.0 Å². The first kappa shape index (κ1) is 15.3. The van der Waals surface area contributed by atoms with E-state index in [-0.39, 0.29) is 12.1 Å². The van der Waals surface area contributed by atoms with Gasteiger partial charge in [0.1, 0.15) is 6.10 Å². The molecule has 2 heterocycles. The van der Waals surface area contributed by atoms with Crippen LogP contribution in [0.3, 0.4) is 0 Å². The van der Waals surface area contributed by atoms with Crippen LogP contribution < -0.4 is 10.1 Å². The summed E-state index contributed by atoms with van der Waals surface area (Å²) in [6.07, 6.45) is 3.22. The normalized spacial score (nSPS) is 17.0. The molecule has 6 heteroatoms. The minimum absolute atomic E-state index is 0.0217. The van der Waals surface area contributed by atoms with E-state index < -0.39 is 0 Å². The summed E-state index contributed by atoms with van der Waals surface area (Å²) in [7, 11) is 0. The molecular weight excluding hydrogens is 292 g/mol. The number of carbonyl (C=O) groups excluding carboxylic acids is 1. The number of likely N-dealkylation sites (tertiary alicyclic amines) is 1. The highest BCUT2D eigenvalue weighted by Gasteiger charge is 2.27. The molecule has 120 valence electrons. The second kappa shape index (κ2) is 7.58. The summed E-state index contributed by atoms with van der Waals surface area (Å²) in [5.41, 5.74) is 1.22. The average Bonchev–Trinajstić information content (AvgIpc) is 3.05. The van der Waals surface area contributed by atoms with Crippen LogP contribution in [0.4, 0.5) is 4.79 Å². The Morgan fingerprint density at radius 1 is 1.26 bits per heavy atom. The van der Waals surface area contributed by atoms with Gasteiger partial charge >= 0.3 is 6.03 Å². The van der Waals surface area contributed by atoms with E-state index in [2.05, 4.69) is 27.6 Å². The SMILES string of the molecule is O=C(NCCc1ccccc1)N1CC[C@@H](Oc2cccnn2)C1. The predicted molar refractivity (Wildman–Crippen MR) is 86.2 cm³/mol. The maximum absolute atomic E-state index is 12.2. The lowest BCUT2D eigenvalue weighted by atomic mass is 10.1. The van der Waals surface area contributed by atoms with Gasteiger partial charge in [0.25, 0.3) is 0 Å². The standard InChI is InChI=1S/C17H20N4O2/c22-17(18-11-8-14-5-2-1-3-6-14)21-12-9-15(13-21)23-16-7-4-10-19-20-16/h1-7,10,15H,8-9,11-13H2,(H,18,22)/t15-/m1/s1. The fraction of sp³-hybridized carbons (Fsp3) is 0.353. The van der Waals surface area contributed by atoms with Crippen molar-refractivity contribution in [3.8, 4) is 5.88 Å². The Morgan fingerprint density at radius 3 is 2.91 bits per heavy atom. The van der Waals surface area contributed by atoms with Crippen molar-refractivity contribution in [2.75, 3.05) is 19.6 Å². The Balaban J connectivity index is 1.41. The molecule has 6 nitrogen and oxygen atoms in total. The molecule has 1 saturated heterocycles. The number of ether oxygens (including phenoxy) is 1. The molecule has 2 aromatic rings. The summed E-state index contributed by atoms with van der Waals surface area (Å²) in [4.78, 5) is 13.9. The Morgan fingerprint density at radius 2 is 2.13 bits per heavy atom. The van der Waals surface area contributed by atoms with Gasteiger partial charge in [-0.1, -0.05) is 30.3 Å². The molecule has 1 aliphatic rings. The fourth-order valence-electron chi connectivity index (χ4n) is 2.60. The fourth-order valence-corrected chi connectivity index (χ4v) is 2.60. The number of benzene rings is 1. The van der Waals surface area contributed by atoms with Gasteiger partial charge in [0.15, 0.2) is 0 Å². The lowest BCUT2D eigenvalue weighted by Crippen LogP contribution is -2.40. The highest BCUT2D eigenvalue weighted by molar-refractivity contribution is 5.74. The van der Waals surface area contributed by atoms with Gasteiger partial charge in [-0.25, -0.2) is 4.79 Å². The number of urea groups is 1. The van der Waals surface area contributed by atoms with Crippen LogP contribution in [-0.4, -0.2) is 46.9 Å². The van der Waals surface area contributed by atoms with Crippen molar-refractivity contribution in [1.82, 2.24) is 20.4 Å². The van der Waals surface area contributed by atoms with Crippen LogP contribution in [0, 0.1) is 0 Å². The third kappa shape index (κ3) is 4.42. The third-order valence-corrected chi connectivity index (χ3v) is 3.80. The summed E-state index contributed by atoms with van der Waals surface area (Å²) < 4.78 is 5.73. The summed E-state index contributed by atoms with van der Waals surface area (Å²) in [6, 6.07) is 13.6. The number of aromatic nitrogens is 2. The number of amides is 2. The van der Waals surface area contributed by atoms with Crippen molar-refractivity contribution >= 4 is 6.03 Å². The molecule has 1 aliphatic heterocycles. The average molecular weight is 312 g/mol. The lowest BCUT2D eigenvalue weighted by molar-refractivity contribution is 0.182. The van der Waals surface area contributed by atoms with Crippen molar-refractivity contribution in [3.05, 3.63) is 54.2 Å².